The molecule has 0 aromatic heterocycles. The van der Waals surface area contributed by atoms with Gasteiger partial charge in [0.2, 0.25) is 0 Å². The van der Waals surface area contributed by atoms with Crippen LogP contribution in [0.25, 0.3) is 0 Å². The van der Waals surface area contributed by atoms with E-state index in [1.165, 1.54) is 4.90 Å². The predicted octanol–water partition coefficient (Wildman–Crippen LogP) is 2.17. The minimum Gasteiger partial charge on any atom is -0.391 e. The summed E-state index contributed by atoms with van der Waals surface area (Å²) in [5.41, 5.74) is 0. The number of aliphatic hydroxyl groups is 1. The van der Waals surface area contributed by atoms with Gasteiger partial charge in [0.05, 0.1) is 12.6 Å². The molecular formula is C10H18F3NO. The summed E-state index contributed by atoms with van der Waals surface area (Å²) in [4.78, 5) is 1.34. The Hall–Kier alpha value is -0.290. The molecule has 0 aromatic carbocycles. The van der Waals surface area contributed by atoms with Crippen LogP contribution < -0.4 is 0 Å². The molecule has 0 spiro atoms. The number of rotatable bonds is 3. The van der Waals surface area contributed by atoms with Crippen LogP contribution in [0.4, 0.5) is 13.2 Å². The number of hydrogen-bond donors (Lipinski definition) is 1. The van der Waals surface area contributed by atoms with Crippen LogP contribution in [0.1, 0.15) is 32.6 Å². The molecule has 5 heteroatoms. The van der Waals surface area contributed by atoms with Crippen LogP contribution in [0, 0.1) is 0 Å². The summed E-state index contributed by atoms with van der Waals surface area (Å²) < 4.78 is 36.8. The molecule has 1 fully saturated rings. The van der Waals surface area contributed by atoms with Gasteiger partial charge in [-0.2, -0.15) is 13.2 Å². The van der Waals surface area contributed by atoms with Crippen molar-refractivity contribution in [2.45, 2.75) is 50.9 Å². The van der Waals surface area contributed by atoms with E-state index in [0.29, 0.717) is 19.4 Å². The van der Waals surface area contributed by atoms with Crippen molar-refractivity contribution in [3.8, 4) is 0 Å². The van der Waals surface area contributed by atoms with Crippen LogP contribution in [-0.2, 0) is 0 Å². The van der Waals surface area contributed by atoms with Crippen molar-refractivity contribution < 1.29 is 18.3 Å². The summed E-state index contributed by atoms with van der Waals surface area (Å²) >= 11 is 0. The summed E-state index contributed by atoms with van der Waals surface area (Å²) in [5, 5.41) is 9.66. The Balaban J connectivity index is 2.56. The van der Waals surface area contributed by atoms with E-state index in [2.05, 4.69) is 0 Å². The molecule has 1 N–H and O–H groups in total. The van der Waals surface area contributed by atoms with Crippen LogP contribution in [-0.4, -0.2) is 41.4 Å². The predicted molar refractivity (Wildman–Crippen MR) is 51.6 cm³/mol. The number of nitrogens with zero attached hydrogens (tertiary/aromatic N) is 1. The SMILES string of the molecule is CCN(CC(F)(F)F)[C@H]1CCCC[C@@H]1O. The van der Waals surface area contributed by atoms with Crippen molar-refractivity contribution in [1.29, 1.82) is 0 Å². The molecule has 0 bridgehead atoms. The topological polar surface area (TPSA) is 23.5 Å². The molecule has 0 aromatic rings. The van der Waals surface area contributed by atoms with Crippen molar-refractivity contribution in [1.82, 2.24) is 4.90 Å². The molecule has 0 heterocycles. The van der Waals surface area contributed by atoms with Crippen molar-refractivity contribution in [3.63, 3.8) is 0 Å². The molecule has 2 nitrogen and oxygen atoms in total. The van der Waals surface area contributed by atoms with Gasteiger partial charge in [0.1, 0.15) is 0 Å². The fourth-order valence-electron chi connectivity index (χ4n) is 2.21. The van der Waals surface area contributed by atoms with Crippen molar-refractivity contribution in [2.75, 3.05) is 13.1 Å². The lowest BCUT2D eigenvalue weighted by molar-refractivity contribution is -0.157. The molecule has 0 aliphatic heterocycles. The smallest absolute Gasteiger partial charge is 0.391 e. The minimum atomic E-state index is -4.17. The molecule has 0 saturated heterocycles. The zero-order valence-corrected chi connectivity index (χ0v) is 8.93. The van der Waals surface area contributed by atoms with E-state index in [9.17, 15) is 18.3 Å². The Morgan fingerprint density at radius 1 is 1.27 bits per heavy atom. The Labute approximate surface area is 88.1 Å². The third kappa shape index (κ3) is 3.99. The van der Waals surface area contributed by atoms with E-state index in [-0.39, 0.29) is 6.04 Å². The number of halogens is 3. The first-order chi connectivity index (χ1) is 6.94. The maximum atomic E-state index is 12.3. The minimum absolute atomic E-state index is 0.314. The Bertz CT molecular complexity index is 196. The van der Waals surface area contributed by atoms with Gasteiger partial charge in [-0.3, -0.25) is 4.90 Å². The normalized spacial score (nSPS) is 28.4. The van der Waals surface area contributed by atoms with E-state index in [0.717, 1.165) is 12.8 Å². The number of aliphatic hydroxyl groups excluding tert-OH is 1. The largest absolute Gasteiger partial charge is 0.401 e. The summed E-state index contributed by atoms with van der Waals surface area (Å²) in [6.45, 7) is 1.12. The van der Waals surface area contributed by atoms with Gasteiger partial charge in [0.15, 0.2) is 0 Å². The first-order valence-corrected chi connectivity index (χ1v) is 5.43. The van der Waals surface area contributed by atoms with Gasteiger partial charge in [-0.25, -0.2) is 0 Å². The van der Waals surface area contributed by atoms with Gasteiger partial charge in [-0.1, -0.05) is 19.8 Å². The average molecular weight is 225 g/mol. The summed E-state index contributed by atoms with van der Waals surface area (Å²) in [6.07, 6.45) is -1.64. The highest BCUT2D eigenvalue weighted by atomic mass is 19.4. The molecule has 15 heavy (non-hydrogen) atoms. The Kier molecular flexibility index (Phi) is 4.40. The maximum Gasteiger partial charge on any atom is 0.401 e. The molecule has 1 aliphatic carbocycles. The van der Waals surface area contributed by atoms with Crippen LogP contribution in [0.2, 0.25) is 0 Å². The number of hydrogen-bond acceptors (Lipinski definition) is 2. The molecule has 0 unspecified atom stereocenters. The number of likely N-dealkylation sites (N-methyl/N-ethyl adjacent to an activating group) is 1. The van der Waals surface area contributed by atoms with Crippen LogP contribution in [0.3, 0.4) is 0 Å². The van der Waals surface area contributed by atoms with Gasteiger partial charge in [0, 0.05) is 6.04 Å². The molecule has 1 rings (SSSR count). The van der Waals surface area contributed by atoms with Gasteiger partial charge >= 0.3 is 6.18 Å². The summed E-state index contributed by atoms with van der Waals surface area (Å²) in [5.74, 6) is 0. The second-order valence-corrected chi connectivity index (χ2v) is 4.10. The maximum absolute atomic E-state index is 12.3. The van der Waals surface area contributed by atoms with Crippen LogP contribution >= 0.6 is 0 Å². The third-order valence-corrected chi connectivity index (χ3v) is 2.95. The van der Waals surface area contributed by atoms with Gasteiger partial charge in [0.25, 0.3) is 0 Å². The third-order valence-electron chi connectivity index (χ3n) is 2.95. The highest BCUT2D eigenvalue weighted by Gasteiger charge is 2.36. The fraction of sp³-hybridized carbons (Fsp3) is 1.00. The van der Waals surface area contributed by atoms with E-state index in [1.54, 1.807) is 6.92 Å². The standard InChI is InChI=1S/C10H18F3NO/c1-2-14(7-10(11,12)13)8-5-3-4-6-9(8)15/h8-9,15H,2-7H2,1H3/t8-,9-/m0/s1. The lowest BCUT2D eigenvalue weighted by atomic mass is 9.91. The van der Waals surface area contributed by atoms with E-state index in [1.807, 2.05) is 0 Å². The molecule has 1 saturated carbocycles. The monoisotopic (exact) mass is 225 g/mol. The first kappa shape index (κ1) is 12.8. The van der Waals surface area contributed by atoms with E-state index in [4.69, 9.17) is 0 Å². The number of alkyl halides is 3. The lowest BCUT2D eigenvalue weighted by Crippen LogP contribution is -2.48. The van der Waals surface area contributed by atoms with Crippen molar-refractivity contribution >= 4 is 0 Å². The average Bonchev–Trinajstić information content (AvgIpc) is 2.14. The molecule has 0 radical (unpaired) electrons. The highest BCUT2D eigenvalue weighted by Crippen LogP contribution is 2.26. The summed E-state index contributed by atoms with van der Waals surface area (Å²) in [6, 6.07) is -0.314. The van der Waals surface area contributed by atoms with E-state index < -0.39 is 18.8 Å². The van der Waals surface area contributed by atoms with E-state index >= 15 is 0 Å². The second kappa shape index (κ2) is 5.16. The lowest BCUT2D eigenvalue weighted by Gasteiger charge is -2.37. The molecule has 90 valence electrons. The van der Waals surface area contributed by atoms with Crippen LogP contribution in [0.5, 0.6) is 0 Å². The van der Waals surface area contributed by atoms with Crippen molar-refractivity contribution in [3.05, 3.63) is 0 Å². The highest BCUT2D eigenvalue weighted by molar-refractivity contribution is 4.83. The first-order valence-electron chi connectivity index (χ1n) is 5.43. The zero-order chi connectivity index (χ0) is 11.5. The molecule has 1 aliphatic rings. The molecule has 2 atom stereocenters. The van der Waals surface area contributed by atoms with Gasteiger partial charge in [-0.15, -0.1) is 0 Å². The van der Waals surface area contributed by atoms with Crippen molar-refractivity contribution in [2.24, 2.45) is 0 Å². The Morgan fingerprint density at radius 3 is 2.33 bits per heavy atom. The second-order valence-electron chi connectivity index (χ2n) is 4.10. The molecular weight excluding hydrogens is 207 g/mol. The zero-order valence-electron chi connectivity index (χ0n) is 8.93. The van der Waals surface area contributed by atoms with Gasteiger partial charge in [-0.05, 0) is 19.4 Å². The summed E-state index contributed by atoms with van der Waals surface area (Å²) in [7, 11) is 0. The quantitative estimate of drug-likeness (QED) is 0.795. The fourth-order valence-corrected chi connectivity index (χ4v) is 2.21. The van der Waals surface area contributed by atoms with Gasteiger partial charge < -0.3 is 5.11 Å². The van der Waals surface area contributed by atoms with Crippen LogP contribution in [0.15, 0.2) is 0 Å². The Morgan fingerprint density at radius 2 is 1.87 bits per heavy atom. The molecule has 0 amide bonds.